The summed E-state index contributed by atoms with van der Waals surface area (Å²) >= 11 is 0. The number of nitrogens with zero attached hydrogens (tertiary/aromatic N) is 2. The van der Waals surface area contributed by atoms with Crippen LogP contribution in [-0.4, -0.2) is 67.9 Å². The Bertz CT molecular complexity index is 629. The summed E-state index contributed by atoms with van der Waals surface area (Å²) in [5.41, 5.74) is 1.03. The number of amides is 2. The molecule has 25 heavy (non-hydrogen) atoms. The summed E-state index contributed by atoms with van der Waals surface area (Å²) in [6, 6.07) is 5.73. The van der Waals surface area contributed by atoms with E-state index in [9.17, 15) is 9.59 Å². The highest BCUT2D eigenvalue weighted by Crippen LogP contribution is 2.32. The molecule has 1 fully saturated rings. The first-order valence-corrected chi connectivity index (χ1v) is 8.46. The van der Waals surface area contributed by atoms with Crippen molar-refractivity contribution in [2.24, 2.45) is 0 Å². The fourth-order valence-electron chi connectivity index (χ4n) is 2.83. The molecule has 1 aromatic rings. The quantitative estimate of drug-likeness (QED) is 0.847. The third kappa shape index (κ3) is 4.33. The number of fused-ring (bicyclic) bond motifs is 1. The van der Waals surface area contributed by atoms with Crippen molar-refractivity contribution >= 4 is 12.0 Å². The van der Waals surface area contributed by atoms with Gasteiger partial charge in [-0.2, -0.15) is 0 Å². The lowest BCUT2D eigenvalue weighted by atomic mass is 10.2. The molecule has 1 N–H and O–H groups in total. The van der Waals surface area contributed by atoms with Crippen molar-refractivity contribution in [3.8, 4) is 11.5 Å². The van der Waals surface area contributed by atoms with Crippen molar-refractivity contribution in [2.45, 2.75) is 13.5 Å². The summed E-state index contributed by atoms with van der Waals surface area (Å²) in [6.07, 6.45) is -0.310. The Balaban J connectivity index is 1.39. The number of piperazine rings is 1. The SMILES string of the molecule is CCOC(=O)N1CCN(C(=O)CNCc2ccc3c(c2)OCO3)CC1. The van der Waals surface area contributed by atoms with E-state index < -0.39 is 0 Å². The average molecular weight is 349 g/mol. The number of rotatable bonds is 5. The number of carbonyl (C=O) groups is 2. The molecular formula is C17H23N3O5. The molecule has 2 aliphatic heterocycles. The molecule has 3 rings (SSSR count). The molecule has 0 bridgehead atoms. The monoisotopic (exact) mass is 349 g/mol. The standard InChI is InChI=1S/C17H23N3O5/c1-2-23-17(22)20-7-5-19(6-8-20)16(21)11-18-10-13-3-4-14-15(9-13)25-12-24-14/h3-4,9,18H,2,5-8,10-12H2,1H3. The van der Waals surface area contributed by atoms with Crippen LogP contribution in [0.4, 0.5) is 4.79 Å². The van der Waals surface area contributed by atoms with E-state index in [1.807, 2.05) is 18.2 Å². The third-order valence-electron chi connectivity index (χ3n) is 4.20. The van der Waals surface area contributed by atoms with Crippen LogP contribution < -0.4 is 14.8 Å². The third-order valence-corrected chi connectivity index (χ3v) is 4.20. The van der Waals surface area contributed by atoms with Crippen LogP contribution in [0.2, 0.25) is 0 Å². The van der Waals surface area contributed by atoms with Gasteiger partial charge in [0, 0.05) is 32.7 Å². The molecule has 8 heteroatoms. The topological polar surface area (TPSA) is 80.3 Å². The second-order valence-electron chi connectivity index (χ2n) is 5.86. The van der Waals surface area contributed by atoms with Crippen molar-refractivity contribution in [1.29, 1.82) is 0 Å². The van der Waals surface area contributed by atoms with E-state index in [2.05, 4.69) is 5.32 Å². The van der Waals surface area contributed by atoms with Crippen LogP contribution in [0.5, 0.6) is 11.5 Å². The highest BCUT2D eigenvalue weighted by molar-refractivity contribution is 5.78. The molecule has 136 valence electrons. The first kappa shape index (κ1) is 17.3. The summed E-state index contributed by atoms with van der Waals surface area (Å²) in [7, 11) is 0. The molecule has 0 unspecified atom stereocenters. The molecule has 0 radical (unpaired) electrons. The van der Waals surface area contributed by atoms with Gasteiger partial charge in [-0.15, -0.1) is 0 Å². The van der Waals surface area contributed by atoms with E-state index in [1.165, 1.54) is 0 Å². The van der Waals surface area contributed by atoms with Crippen LogP contribution in [0.3, 0.4) is 0 Å². The van der Waals surface area contributed by atoms with Gasteiger partial charge in [-0.3, -0.25) is 4.79 Å². The maximum Gasteiger partial charge on any atom is 0.409 e. The molecule has 2 heterocycles. The predicted octanol–water partition coefficient (Wildman–Crippen LogP) is 0.806. The zero-order valence-electron chi connectivity index (χ0n) is 14.3. The van der Waals surface area contributed by atoms with E-state index in [0.29, 0.717) is 39.3 Å². The fraction of sp³-hybridized carbons (Fsp3) is 0.529. The average Bonchev–Trinajstić information content (AvgIpc) is 3.10. The number of ether oxygens (including phenoxy) is 3. The molecule has 0 spiro atoms. The summed E-state index contributed by atoms with van der Waals surface area (Å²) < 4.78 is 15.6. The molecule has 8 nitrogen and oxygen atoms in total. The largest absolute Gasteiger partial charge is 0.454 e. The fourth-order valence-corrected chi connectivity index (χ4v) is 2.83. The van der Waals surface area contributed by atoms with Crippen LogP contribution in [0.1, 0.15) is 12.5 Å². The van der Waals surface area contributed by atoms with Gasteiger partial charge in [0.05, 0.1) is 13.2 Å². The molecule has 0 saturated carbocycles. The molecule has 0 aliphatic carbocycles. The summed E-state index contributed by atoms with van der Waals surface area (Å²) in [5, 5.41) is 3.15. The van der Waals surface area contributed by atoms with Gasteiger partial charge in [0.2, 0.25) is 12.7 Å². The first-order valence-electron chi connectivity index (χ1n) is 8.46. The number of benzene rings is 1. The lowest BCUT2D eigenvalue weighted by molar-refractivity contribution is -0.131. The van der Waals surface area contributed by atoms with Gasteiger partial charge in [0.1, 0.15) is 0 Å². The molecular weight excluding hydrogens is 326 g/mol. The maximum atomic E-state index is 12.3. The number of carbonyl (C=O) groups excluding carboxylic acids is 2. The minimum Gasteiger partial charge on any atom is -0.454 e. The lowest BCUT2D eigenvalue weighted by Crippen LogP contribution is -2.52. The Morgan fingerprint density at radius 1 is 1.12 bits per heavy atom. The Morgan fingerprint density at radius 3 is 2.60 bits per heavy atom. The van der Waals surface area contributed by atoms with Crippen molar-refractivity contribution in [2.75, 3.05) is 46.1 Å². The highest BCUT2D eigenvalue weighted by atomic mass is 16.7. The molecule has 0 aromatic heterocycles. The van der Waals surface area contributed by atoms with Crippen LogP contribution in [0.15, 0.2) is 18.2 Å². The van der Waals surface area contributed by atoms with Crippen LogP contribution in [0, 0.1) is 0 Å². The van der Waals surface area contributed by atoms with Gasteiger partial charge in [-0.1, -0.05) is 6.07 Å². The van der Waals surface area contributed by atoms with Gasteiger partial charge >= 0.3 is 6.09 Å². The summed E-state index contributed by atoms with van der Waals surface area (Å²) in [5.74, 6) is 1.52. The number of hydrogen-bond donors (Lipinski definition) is 1. The number of hydrogen-bond acceptors (Lipinski definition) is 6. The van der Waals surface area contributed by atoms with Gasteiger partial charge in [0.15, 0.2) is 11.5 Å². The Kier molecular flexibility index (Phi) is 5.60. The Hall–Kier alpha value is -2.48. The van der Waals surface area contributed by atoms with Crippen LogP contribution in [0.25, 0.3) is 0 Å². The maximum absolute atomic E-state index is 12.3. The molecule has 1 saturated heterocycles. The predicted molar refractivity (Wildman–Crippen MR) is 89.4 cm³/mol. The molecule has 0 atom stereocenters. The lowest BCUT2D eigenvalue weighted by Gasteiger charge is -2.34. The van der Waals surface area contributed by atoms with E-state index >= 15 is 0 Å². The van der Waals surface area contributed by atoms with Crippen molar-refractivity contribution in [3.05, 3.63) is 23.8 Å². The Morgan fingerprint density at radius 2 is 1.84 bits per heavy atom. The smallest absolute Gasteiger partial charge is 0.409 e. The summed E-state index contributed by atoms with van der Waals surface area (Å²) in [4.78, 5) is 27.3. The van der Waals surface area contributed by atoms with Gasteiger partial charge in [-0.25, -0.2) is 4.79 Å². The second-order valence-corrected chi connectivity index (χ2v) is 5.86. The first-order chi connectivity index (χ1) is 12.2. The van der Waals surface area contributed by atoms with E-state index in [0.717, 1.165) is 17.1 Å². The van der Waals surface area contributed by atoms with Crippen LogP contribution in [-0.2, 0) is 16.1 Å². The van der Waals surface area contributed by atoms with Crippen molar-refractivity contribution in [3.63, 3.8) is 0 Å². The van der Waals surface area contributed by atoms with Gasteiger partial charge in [-0.05, 0) is 24.6 Å². The molecule has 2 aliphatic rings. The zero-order chi connectivity index (χ0) is 17.6. The Labute approximate surface area is 146 Å². The second kappa shape index (κ2) is 8.06. The van der Waals surface area contributed by atoms with Gasteiger partial charge < -0.3 is 29.3 Å². The van der Waals surface area contributed by atoms with E-state index in [4.69, 9.17) is 14.2 Å². The molecule has 1 aromatic carbocycles. The summed E-state index contributed by atoms with van der Waals surface area (Å²) in [6.45, 7) is 5.30. The van der Waals surface area contributed by atoms with Gasteiger partial charge in [0.25, 0.3) is 0 Å². The van der Waals surface area contributed by atoms with Crippen molar-refractivity contribution in [1.82, 2.24) is 15.1 Å². The minimum atomic E-state index is -0.310. The van der Waals surface area contributed by atoms with Crippen LogP contribution >= 0.6 is 0 Å². The normalized spacial score (nSPS) is 16.0. The van der Waals surface area contributed by atoms with E-state index in [1.54, 1.807) is 16.7 Å². The highest BCUT2D eigenvalue weighted by Gasteiger charge is 2.24. The molecule has 2 amide bonds. The zero-order valence-corrected chi connectivity index (χ0v) is 14.3. The van der Waals surface area contributed by atoms with Crippen molar-refractivity contribution < 1.29 is 23.8 Å². The minimum absolute atomic E-state index is 0.0317. The van der Waals surface area contributed by atoms with E-state index in [-0.39, 0.29) is 25.3 Å². The number of nitrogens with one attached hydrogen (secondary N) is 1.